The molecule has 0 saturated heterocycles. The summed E-state index contributed by atoms with van der Waals surface area (Å²) in [6.45, 7) is -0.0197. The summed E-state index contributed by atoms with van der Waals surface area (Å²) in [5.74, 6) is -2.99. The van der Waals surface area contributed by atoms with Gasteiger partial charge in [-0.3, -0.25) is 19.8 Å². The van der Waals surface area contributed by atoms with Crippen molar-refractivity contribution in [3.63, 3.8) is 0 Å². The number of halogens is 4. The Morgan fingerprint density at radius 1 is 1.00 bits per heavy atom. The predicted octanol–water partition coefficient (Wildman–Crippen LogP) is 6.51. The number of carbonyl (C=O) groups is 2. The van der Waals surface area contributed by atoms with Crippen LogP contribution in [0.15, 0.2) is 54.6 Å². The second-order valence-corrected chi connectivity index (χ2v) is 11.0. The number of carbonyl (C=O) groups excluding carboxylic acids is 2. The van der Waals surface area contributed by atoms with Gasteiger partial charge >= 0.3 is 6.09 Å². The van der Waals surface area contributed by atoms with Crippen LogP contribution in [0.2, 0.25) is 0 Å². The molecule has 0 aliphatic heterocycles. The number of alkyl halides is 2. The van der Waals surface area contributed by atoms with Crippen LogP contribution in [0, 0.1) is 21.7 Å². The Labute approximate surface area is 269 Å². The second kappa shape index (κ2) is 15.4. The van der Waals surface area contributed by atoms with Crippen molar-refractivity contribution in [2.75, 3.05) is 37.5 Å². The summed E-state index contributed by atoms with van der Waals surface area (Å²) in [4.78, 5) is 41.3. The molecule has 0 spiro atoms. The first-order valence-corrected chi connectivity index (χ1v) is 14.7. The summed E-state index contributed by atoms with van der Waals surface area (Å²) in [5.41, 5.74) is 0.104. The topological polar surface area (TPSA) is 140 Å². The highest BCUT2D eigenvalue weighted by Crippen LogP contribution is 2.44. The van der Waals surface area contributed by atoms with Crippen LogP contribution in [0.25, 0.3) is 10.4 Å². The Hall–Kier alpha value is -5.16. The zero-order valence-electron chi connectivity index (χ0n) is 25.2. The van der Waals surface area contributed by atoms with Gasteiger partial charge in [-0.15, -0.1) is 21.5 Å². The monoisotopic (exact) mass is 676 g/mol. The van der Waals surface area contributed by atoms with Gasteiger partial charge in [0.15, 0.2) is 12.4 Å². The van der Waals surface area contributed by atoms with Gasteiger partial charge in [0.1, 0.15) is 16.6 Å². The minimum Gasteiger partial charge on any atom is -0.471 e. The SMILES string of the molecule is CCOC(=O)N(Cc1c(F)cccc1F)c1sc(-c2ccc([N+](=O)[O-])cc2)c(CN(C)C)c1C(=O)Nc1ccc(OCC(F)F)nn1. The zero-order chi connectivity index (χ0) is 34.2. The van der Waals surface area contributed by atoms with E-state index < -0.39 is 53.7 Å². The number of rotatable bonds is 13. The Bertz CT molecular complexity index is 1720. The van der Waals surface area contributed by atoms with Crippen LogP contribution in [0.5, 0.6) is 5.88 Å². The highest BCUT2D eigenvalue weighted by atomic mass is 32.1. The minimum atomic E-state index is -2.74. The van der Waals surface area contributed by atoms with Crippen LogP contribution >= 0.6 is 11.3 Å². The van der Waals surface area contributed by atoms with Crippen molar-refractivity contribution in [3.8, 4) is 16.3 Å². The third-order valence-corrected chi connectivity index (χ3v) is 7.68. The maximum Gasteiger partial charge on any atom is 0.415 e. The molecule has 0 bridgehead atoms. The van der Waals surface area contributed by atoms with Crippen LogP contribution in [0.1, 0.15) is 28.4 Å². The summed E-state index contributed by atoms with van der Waals surface area (Å²) in [7, 11) is 3.44. The normalized spacial score (nSPS) is 11.1. The fraction of sp³-hybridized carbons (Fsp3) is 0.267. The summed E-state index contributed by atoms with van der Waals surface area (Å²) < 4.78 is 64.8. The Morgan fingerprint density at radius 2 is 1.68 bits per heavy atom. The van der Waals surface area contributed by atoms with Gasteiger partial charge in [0, 0.05) is 35.2 Å². The summed E-state index contributed by atoms with van der Waals surface area (Å²) >= 11 is 0.935. The van der Waals surface area contributed by atoms with Crippen molar-refractivity contribution in [2.45, 2.75) is 26.4 Å². The van der Waals surface area contributed by atoms with Crippen molar-refractivity contribution in [1.82, 2.24) is 15.1 Å². The number of nitrogens with one attached hydrogen (secondary N) is 1. The van der Waals surface area contributed by atoms with Gasteiger partial charge < -0.3 is 19.7 Å². The van der Waals surface area contributed by atoms with E-state index in [-0.39, 0.29) is 41.1 Å². The summed E-state index contributed by atoms with van der Waals surface area (Å²) in [5, 5.41) is 21.3. The van der Waals surface area contributed by atoms with E-state index in [1.165, 1.54) is 49.4 Å². The molecule has 4 rings (SSSR count). The van der Waals surface area contributed by atoms with Gasteiger partial charge in [-0.2, -0.15) is 0 Å². The van der Waals surface area contributed by atoms with Crippen molar-refractivity contribution >= 4 is 39.8 Å². The smallest absolute Gasteiger partial charge is 0.415 e. The average Bonchev–Trinajstić information content (AvgIpc) is 3.38. The number of hydrogen-bond donors (Lipinski definition) is 1. The molecule has 47 heavy (non-hydrogen) atoms. The number of benzene rings is 2. The van der Waals surface area contributed by atoms with Gasteiger partial charge in [-0.25, -0.2) is 22.4 Å². The number of aromatic nitrogens is 2. The van der Waals surface area contributed by atoms with Crippen molar-refractivity contribution in [2.24, 2.45) is 0 Å². The van der Waals surface area contributed by atoms with Crippen LogP contribution in [-0.4, -0.2) is 65.8 Å². The lowest BCUT2D eigenvalue weighted by Gasteiger charge is -2.23. The number of ether oxygens (including phenoxy) is 2. The van der Waals surface area contributed by atoms with E-state index in [2.05, 4.69) is 15.5 Å². The zero-order valence-corrected chi connectivity index (χ0v) is 26.0. The summed E-state index contributed by atoms with van der Waals surface area (Å²) in [6.07, 6.45) is -3.74. The van der Waals surface area contributed by atoms with Gasteiger partial charge in [0.05, 0.1) is 23.6 Å². The quantitative estimate of drug-likeness (QED) is 0.0953. The van der Waals surface area contributed by atoms with E-state index in [0.29, 0.717) is 16.0 Å². The number of hydrogen-bond acceptors (Lipinski definition) is 10. The lowest BCUT2D eigenvalue weighted by atomic mass is 10.0. The van der Waals surface area contributed by atoms with Crippen LogP contribution in [0.3, 0.4) is 0 Å². The van der Waals surface area contributed by atoms with Crippen molar-refractivity contribution < 1.29 is 41.5 Å². The summed E-state index contributed by atoms with van der Waals surface area (Å²) in [6, 6.07) is 11.2. The molecule has 0 aliphatic carbocycles. The molecule has 1 N–H and O–H groups in total. The van der Waals surface area contributed by atoms with E-state index in [0.717, 1.165) is 28.4 Å². The Balaban J connectivity index is 1.89. The number of amides is 2. The molecule has 0 unspecified atom stereocenters. The van der Waals surface area contributed by atoms with Crippen molar-refractivity contribution in [1.29, 1.82) is 0 Å². The number of nitrogens with zero attached hydrogens (tertiary/aromatic N) is 5. The molecule has 2 aromatic carbocycles. The van der Waals surface area contributed by atoms with Gasteiger partial charge in [0.2, 0.25) is 5.88 Å². The molecule has 248 valence electrons. The Kier molecular flexibility index (Phi) is 11.4. The number of nitro groups is 1. The van der Waals surface area contributed by atoms with Gasteiger partial charge in [0.25, 0.3) is 18.0 Å². The van der Waals surface area contributed by atoms with E-state index in [9.17, 15) is 37.3 Å². The van der Waals surface area contributed by atoms with Crippen molar-refractivity contribution in [3.05, 3.63) is 93.0 Å². The number of thiophene rings is 1. The number of anilines is 2. The molecule has 2 aromatic heterocycles. The van der Waals surface area contributed by atoms with E-state index >= 15 is 0 Å². The number of nitro benzene ring substituents is 1. The fourth-order valence-electron chi connectivity index (χ4n) is 4.36. The molecule has 12 nitrogen and oxygen atoms in total. The van der Waals surface area contributed by atoms with Crippen LogP contribution < -0.4 is 15.0 Å². The number of non-ortho nitro benzene ring substituents is 1. The lowest BCUT2D eigenvalue weighted by molar-refractivity contribution is -0.384. The van der Waals surface area contributed by atoms with Gasteiger partial charge in [-0.05, 0) is 62.5 Å². The average molecular weight is 677 g/mol. The molecule has 4 aromatic rings. The molecular weight excluding hydrogens is 648 g/mol. The molecule has 0 atom stereocenters. The molecule has 17 heteroatoms. The van der Waals surface area contributed by atoms with E-state index in [1.807, 2.05) is 0 Å². The molecule has 0 saturated carbocycles. The highest BCUT2D eigenvalue weighted by Gasteiger charge is 2.33. The second-order valence-electron chi connectivity index (χ2n) is 10.0. The molecule has 2 heterocycles. The molecule has 2 amide bonds. The van der Waals surface area contributed by atoms with Crippen LogP contribution in [-0.2, 0) is 17.8 Å². The van der Waals surface area contributed by atoms with E-state index in [1.54, 1.807) is 19.0 Å². The predicted molar refractivity (Wildman–Crippen MR) is 165 cm³/mol. The maximum atomic E-state index is 14.9. The fourth-order valence-corrected chi connectivity index (χ4v) is 5.67. The largest absolute Gasteiger partial charge is 0.471 e. The van der Waals surface area contributed by atoms with E-state index in [4.69, 9.17) is 9.47 Å². The molecule has 0 aliphatic rings. The first-order chi connectivity index (χ1) is 22.4. The molecular formula is C30H28F4N6O6S. The maximum absolute atomic E-state index is 14.9. The Morgan fingerprint density at radius 3 is 2.23 bits per heavy atom. The first kappa shape index (κ1) is 34.7. The standard InChI is InChI=1S/C30H28F4N6O6S/c1-4-45-30(42)39(15-19-21(31)6-5-7-22(19)32)29-26(28(41)35-24-12-13-25(37-36-24)46-16-23(33)34)20(14-38(2)3)27(47-29)17-8-10-18(11-9-17)40(43)44/h5-13,23H,4,14-16H2,1-3H3,(H,35,36,41). The third-order valence-electron chi connectivity index (χ3n) is 6.38. The van der Waals surface area contributed by atoms with Crippen LogP contribution in [0.4, 0.5) is 38.9 Å². The highest BCUT2D eigenvalue weighted by molar-refractivity contribution is 7.20. The van der Waals surface area contributed by atoms with Gasteiger partial charge in [-0.1, -0.05) is 6.07 Å². The first-order valence-electron chi connectivity index (χ1n) is 13.9. The molecule has 0 fully saturated rings. The molecule has 0 radical (unpaired) electrons. The third kappa shape index (κ3) is 8.56. The minimum absolute atomic E-state index is 0.0429. The lowest BCUT2D eigenvalue weighted by Crippen LogP contribution is -2.33.